The summed E-state index contributed by atoms with van der Waals surface area (Å²) in [5.74, 6) is -2.46. The third-order valence-electron chi connectivity index (χ3n) is 4.43. The molecule has 1 aromatic carbocycles. The first kappa shape index (κ1) is 19.7. The van der Waals surface area contributed by atoms with Gasteiger partial charge in [0.05, 0.1) is 28.2 Å². The highest BCUT2D eigenvalue weighted by Gasteiger charge is 2.37. The van der Waals surface area contributed by atoms with Crippen LogP contribution in [0.4, 0.5) is 13.6 Å². The molecule has 2 N–H and O–H groups in total. The minimum absolute atomic E-state index is 0.157. The molecule has 0 fully saturated rings. The van der Waals surface area contributed by atoms with Crippen molar-refractivity contribution >= 4 is 17.4 Å². The normalized spacial score (nSPS) is 22.7. The second-order valence-corrected chi connectivity index (χ2v) is 8.45. The smallest absolute Gasteiger partial charge is 0.408 e. The van der Waals surface area contributed by atoms with E-state index in [0.717, 1.165) is 6.07 Å². The molecule has 1 aliphatic carbocycles. The van der Waals surface area contributed by atoms with E-state index in [1.807, 2.05) is 0 Å². The second-order valence-electron chi connectivity index (χ2n) is 7.57. The van der Waals surface area contributed by atoms with Crippen LogP contribution in [0, 0.1) is 11.6 Å². The third-order valence-corrected chi connectivity index (χ3v) is 5.36. The number of aromatic nitrogens is 1. The molecule has 1 aromatic heterocycles. The Balaban J connectivity index is 2.02. The third kappa shape index (κ3) is 4.27. The Kier molecular flexibility index (Phi) is 5.48. The number of thiazole rings is 1. The van der Waals surface area contributed by atoms with Crippen molar-refractivity contribution in [1.82, 2.24) is 10.3 Å². The maximum absolute atomic E-state index is 14.5. The Morgan fingerprint density at radius 1 is 1.33 bits per heavy atom. The molecule has 5 nitrogen and oxygen atoms in total. The molecule has 3 atom stereocenters. The highest BCUT2D eigenvalue weighted by atomic mass is 32.1. The zero-order chi connectivity index (χ0) is 19.8. The van der Waals surface area contributed by atoms with Crippen LogP contribution in [0.1, 0.15) is 67.8 Å². The first-order chi connectivity index (χ1) is 12.7. The highest BCUT2D eigenvalue weighted by molar-refractivity contribution is 7.09. The number of alkyl carbamates (subject to hydrolysis) is 1. The highest BCUT2D eigenvalue weighted by Crippen LogP contribution is 2.45. The zero-order valence-electron chi connectivity index (χ0n) is 15.3. The van der Waals surface area contributed by atoms with Crippen molar-refractivity contribution in [3.63, 3.8) is 0 Å². The van der Waals surface area contributed by atoms with Crippen molar-refractivity contribution < 1.29 is 23.4 Å². The molecule has 0 aliphatic heterocycles. The molecule has 146 valence electrons. The SMILES string of the molecule is CC(C)(C)OC(=O)N[C@@H]1c2scnc2[C@H](O)CC[C@H]1c1cccc(F)c1F. The summed E-state index contributed by atoms with van der Waals surface area (Å²) in [7, 11) is 0. The minimum Gasteiger partial charge on any atom is -0.444 e. The Morgan fingerprint density at radius 3 is 2.78 bits per heavy atom. The summed E-state index contributed by atoms with van der Waals surface area (Å²) in [6.45, 7) is 5.22. The molecule has 3 rings (SSSR count). The van der Waals surface area contributed by atoms with Crippen LogP contribution in [-0.4, -0.2) is 21.8 Å². The number of aliphatic hydroxyl groups is 1. The Labute approximate surface area is 160 Å². The van der Waals surface area contributed by atoms with Gasteiger partial charge in [0.1, 0.15) is 5.60 Å². The van der Waals surface area contributed by atoms with Crippen molar-refractivity contribution in [3.8, 4) is 0 Å². The predicted molar refractivity (Wildman–Crippen MR) is 97.5 cm³/mol. The summed E-state index contributed by atoms with van der Waals surface area (Å²) in [6, 6.07) is 3.31. The molecule has 2 aromatic rings. The monoisotopic (exact) mass is 396 g/mol. The second kappa shape index (κ2) is 7.52. The van der Waals surface area contributed by atoms with Gasteiger partial charge in [-0.05, 0) is 45.2 Å². The van der Waals surface area contributed by atoms with Crippen LogP contribution in [0.25, 0.3) is 0 Å². The maximum atomic E-state index is 14.5. The topological polar surface area (TPSA) is 71.5 Å². The van der Waals surface area contributed by atoms with E-state index in [1.54, 1.807) is 26.3 Å². The molecule has 1 heterocycles. The summed E-state index contributed by atoms with van der Waals surface area (Å²) in [6.07, 6.45) is -0.810. The molecule has 0 unspecified atom stereocenters. The molecule has 0 bridgehead atoms. The molecular weight excluding hydrogens is 374 g/mol. The fraction of sp³-hybridized carbons (Fsp3) is 0.474. The average Bonchev–Trinajstić information content (AvgIpc) is 3.00. The van der Waals surface area contributed by atoms with E-state index in [0.29, 0.717) is 23.4 Å². The molecule has 27 heavy (non-hydrogen) atoms. The number of rotatable bonds is 2. The van der Waals surface area contributed by atoms with Crippen LogP contribution in [0.15, 0.2) is 23.7 Å². The number of nitrogens with zero attached hydrogens (tertiary/aromatic N) is 1. The number of carbonyl (C=O) groups excluding carboxylic acids is 1. The first-order valence-electron chi connectivity index (χ1n) is 8.72. The standard InChI is InChI=1S/C19H22F2N2O3S/c1-19(2,3)26-18(25)23-15-11(10-5-4-6-12(20)14(10)21)7-8-13(24)16-17(15)27-9-22-16/h4-6,9,11,13,15,24H,7-8H2,1-3H3,(H,23,25)/t11-,13+,15-/m0/s1. The lowest BCUT2D eigenvalue weighted by molar-refractivity contribution is 0.0495. The van der Waals surface area contributed by atoms with Gasteiger partial charge in [-0.15, -0.1) is 11.3 Å². The van der Waals surface area contributed by atoms with Gasteiger partial charge in [0, 0.05) is 5.92 Å². The van der Waals surface area contributed by atoms with Crippen molar-refractivity contribution in [1.29, 1.82) is 0 Å². The van der Waals surface area contributed by atoms with E-state index < -0.39 is 41.4 Å². The molecule has 0 saturated carbocycles. The van der Waals surface area contributed by atoms with Gasteiger partial charge >= 0.3 is 6.09 Å². The molecule has 0 radical (unpaired) electrons. The van der Waals surface area contributed by atoms with Gasteiger partial charge in [-0.3, -0.25) is 0 Å². The van der Waals surface area contributed by atoms with Crippen LogP contribution in [0.3, 0.4) is 0 Å². The van der Waals surface area contributed by atoms with Crippen LogP contribution in [-0.2, 0) is 4.74 Å². The van der Waals surface area contributed by atoms with Gasteiger partial charge in [0.25, 0.3) is 0 Å². The van der Waals surface area contributed by atoms with Gasteiger partial charge in [0.15, 0.2) is 11.6 Å². The number of halogens is 2. The quantitative estimate of drug-likeness (QED) is 0.728. The lowest BCUT2D eigenvalue weighted by atomic mass is 9.87. The minimum atomic E-state index is -0.946. The van der Waals surface area contributed by atoms with Gasteiger partial charge in [0.2, 0.25) is 0 Å². The van der Waals surface area contributed by atoms with Crippen molar-refractivity contribution in [3.05, 3.63) is 51.5 Å². The van der Waals surface area contributed by atoms with E-state index in [-0.39, 0.29) is 5.56 Å². The number of nitrogens with one attached hydrogen (secondary N) is 1. The van der Waals surface area contributed by atoms with Crippen LogP contribution < -0.4 is 5.32 Å². The first-order valence-corrected chi connectivity index (χ1v) is 9.60. The number of ether oxygens (including phenoxy) is 1. The summed E-state index contributed by atoms with van der Waals surface area (Å²) in [4.78, 5) is 17.2. The number of fused-ring (bicyclic) bond motifs is 1. The zero-order valence-corrected chi connectivity index (χ0v) is 16.1. The van der Waals surface area contributed by atoms with E-state index in [1.165, 1.54) is 23.5 Å². The Bertz CT molecular complexity index is 835. The Morgan fingerprint density at radius 2 is 2.07 bits per heavy atom. The van der Waals surface area contributed by atoms with Crippen molar-refractivity contribution in [2.24, 2.45) is 0 Å². The van der Waals surface area contributed by atoms with Crippen molar-refractivity contribution in [2.45, 2.75) is 57.3 Å². The average molecular weight is 396 g/mol. The van der Waals surface area contributed by atoms with Gasteiger partial charge in [-0.2, -0.15) is 0 Å². The lowest BCUT2D eigenvalue weighted by Crippen LogP contribution is -2.37. The van der Waals surface area contributed by atoms with E-state index in [9.17, 15) is 18.7 Å². The van der Waals surface area contributed by atoms with E-state index in [4.69, 9.17) is 4.74 Å². The Hall–Kier alpha value is -2.06. The van der Waals surface area contributed by atoms with E-state index in [2.05, 4.69) is 10.3 Å². The number of carbonyl (C=O) groups is 1. The number of amides is 1. The van der Waals surface area contributed by atoms with Crippen LogP contribution in [0.5, 0.6) is 0 Å². The molecule has 8 heteroatoms. The van der Waals surface area contributed by atoms with E-state index >= 15 is 0 Å². The molecule has 1 amide bonds. The predicted octanol–water partition coefficient (Wildman–Crippen LogP) is 4.60. The summed E-state index contributed by atoms with van der Waals surface area (Å²) in [5.41, 5.74) is 1.48. The molecule has 1 aliphatic rings. The summed E-state index contributed by atoms with van der Waals surface area (Å²) in [5, 5.41) is 13.2. The number of benzene rings is 1. The summed E-state index contributed by atoms with van der Waals surface area (Å²) < 4.78 is 33.7. The van der Waals surface area contributed by atoms with Crippen LogP contribution in [0.2, 0.25) is 0 Å². The largest absolute Gasteiger partial charge is 0.444 e. The molecule has 0 saturated heterocycles. The van der Waals surface area contributed by atoms with Gasteiger partial charge < -0.3 is 15.2 Å². The number of hydrogen-bond acceptors (Lipinski definition) is 5. The van der Waals surface area contributed by atoms with Crippen LogP contribution >= 0.6 is 11.3 Å². The maximum Gasteiger partial charge on any atom is 0.408 e. The number of hydrogen-bond donors (Lipinski definition) is 2. The number of aliphatic hydroxyl groups excluding tert-OH is 1. The fourth-order valence-corrected chi connectivity index (χ4v) is 4.27. The molecular formula is C19H22F2N2O3S. The summed E-state index contributed by atoms with van der Waals surface area (Å²) >= 11 is 1.26. The lowest BCUT2D eigenvalue weighted by Gasteiger charge is -2.28. The molecule has 0 spiro atoms. The van der Waals surface area contributed by atoms with Gasteiger partial charge in [-0.1, -0.05) is 12.1 Å². The fourth-order valence-electron chi connectivity index (χ4n) is 3.31. The van der Waals surface area contributed by atoms with Gasteiger partial charge in [-0.25, -0.2) is 18.6 Å². The van der Waals surface area contributed by atoms with Crippen molar-refractivity contribution in [2.75, 3.05) is 0 Å².